The molecule has 0 spiro atoms. The molecule has 0 N–H and O–H groups in total. The van der Waals surface area contributed by atoms with E-state index < -0.39 is 0 Å². The standard InChI is InChI=1S/C14H22.C10H18.C9H10.C3H6.C2H6/c1-5-7-13-10-9-11(3)12(4)14(13)8-6-2;1-3-5-7-9-10-8-6-4-2;1-8(2)9-6-4-3-5-7-9;1-3-2;1-2/h9-10H,5-8H2,1-4H3;3,5,7H,1,4,6,8-10H2,2H3;3-7H,1H2,2H3;3H,1H2,2H3;1-2H3/b;7-5-;;;. The van der Waals surface area contributed by atoms with Gasteiger partial charge in [0, 0.05) is 0 Å². The van der Waals surface area contributed by atoms with Gasteiger partial charge in [0.15, 0.2) is 0 Å². The minimum absolute atomic E-state index is 1.12. The van der Waals surface area contributed by atoms with Crippen LogP contribution < -0.4 is 0 Å². The first-order valence-electron chi connectivity index (χ1n) is 15.0. The summed E-state index contributed by atoms with van der Waals surface area (Å²) < 4.78 is 0. The van der Waals surface area contributed by atoms with Gasteiger partial charge in [-0.05, 0) is 81.2 Å². The summed E-state index contributed by atoms with van der Waals surface area (Å²) in [6.07, 6.45) is 19.4. The highest BCUT2D eigenvalue weighted by Crippen LogP contribution is 2.21. The molecule has 0 heteroatoms. The largest absolute Gasteiger partial charge is 0.103 e. The van der Waals surface area contributed by atoms with Crippen molar-refractivity contribution in [1.82, 2.24) is 0 Å². The molecule has 0 unspecified atom stereocenters. The summed E-state index contributed by atoms with van der Waals surface area (Å²) >= 11 is 0. The van der Waals surface area contributed by atoms with Gasteiger partial charge in [-0.3, -0.25) is 0 Å². The van der Waals surface area contributed by atoms with Gasteiger partial charge in [-0.25, -0.2) is 0 Å². The van der Waals surface area contributed by atoms with Gasteiger partial charge in [0.1, 0.15) is 0 Å². The first kappa shape index (κ1) is 39.9. The number of hydrogen-bond donors (Lipinski definition) is 0. The van der Waals surface area contributed by atoms with Crippen LogP contribution >= 0.6 is 0 Å². The van der Waals surface area contributed by atoms with Crippen molar-refractivity contribution < 1.29 is 0 Å². The normalized spacial score (nSPS) is 9.29. The second kappa shape index (κ2) is 30.6. The third kappa shape index (κ3) is 22.6. The topological polar surface area (TPSA) is 0 Å². The molecule has 0 aliphatic heterocycles. The van der Waals surface area contributed by atoms with Crippen molar-refractivity contribution >= 4 is 5.57 Å². The minimum Gasteiger partial charge on any atom is -0.103 e. The van der Waals surface area contributed by atoms with E-state index in [1.54, 1.807) is 17.2 Å². The van der Waals surface area contributed by atoms with Gasteiger partial charge in [0.2, 0.25) is 0 Å². The van der Waals surface area contributed by atoms with Crippen molar-refractivity contribution in [2.45, 2.75) is 120 Å². The predicted molar refractivity (Wildman–Crippen MR) is 180 cm³/mol. The van der Waals surface area contributed by atoms with Crippen LogP contribution in [0.2, 0.25) is 0 Å². The second-order valence-electron chi connectivity index (χ2n) is 9.21. The van der Waals surface area contributed by atoms with Gasteiger partial charge in [0.05, 0.1) is 0 Å². The number of hydrogen-bond acceptors (Lipinski definition) is 0. The molecule has 214 valence electrons. The molecule has 0 saturated carbocycles. The summed E-state index contributed by atoms with van der Waals surface area (Å²) in [7, 11) is 0. The third-order valence-corrected chi connectivity index (χ3v) is 5.75. The van der Waals surface area contributed by atoms with Crippen molar-refractivity contribution in [3.63, 3.8) is 0 Å². The van der Waals surface area contributed by atoms with E-state index in [0.29, 0.717) is 0 Å². The maximum atomic E-state index is 3.83. The summed E-state index contributed by atoms with van der Waals surface area (Å²) in [5.41, 5.74) is 8.46. The molecule has 2 aromatic carbocycles. The molecule has 0 saturated heterocycles. The fraction of sp³-hybridized carbons (Fsp3) is 0.474. The average molecular weight is 519 g/mol. The molecular weight excluding hydrogens is 456 g/mol. The highest BCUT2D eigenvalue weighted by atomic mass is 14.1. The lowest BCUT2D eigenvalue weighted by Gasteiger charge is -2.13. The Labute approximate surface area is 239 Å². The fourth-order valence-corrected chi connectivity index (χ4v) is 3.64. The molecule has 0 bridgehead atoms. The van der Waals surface area contributed by atoms with Crippen LogP contribution in [0.15, 0.2) is 86.5 Å². The second-order valence-corrected chi connectivity index (χ2v) is 9.21. The lowest BCUT2D eigenvalue weighted by Crippen LogP contribution is -1.99. The Hall–Kier alpha value is -2.60. The lowest BCUT2D eigenvalue weighted by molar-refractivity contribution is 0.674. The van der Waals surface area contributed by atoms with Crippen molar-refractivity contribution in [3.8, 4) is 0 Å². The predicted octanol–water partition coefficient (Wildman–Crippen LogP) is 12.8. The van der Waals surface area contributed by atoms with E-state index in [9.17, 15) is 0 Å². The minimum atomic E-state index is 1.12. The first-order chi connectivity index (χ1) is 18.3. The number of rotatable bonds is 11. The fourth-order valence-electron chi connectivity index (χ4n) is 3.64. The van der Waals surface area contributed by atoms with E-state index in [4.69, 9.17) is 0 Å². The van der Waals surface area contributed by atoms with E-state index >= 15 is 0 Å². The molecule has 0 radical (unpaired) electrons. The number of allylic oxidation sites excluding steroid dienone is 5. The molecule has 0 heterocycles. The van der Waals surface area contributed by atoms with E-state index in [2.05, 4.69) is 84.7 Å². The van der Waals surface area contributed by atoms with Crippen molar-refractivity contribution in [3.05, 3.63) is 114 Å². The summed E-state index contributed by atoms with van der Waals surface area (Å²) in [6.45, 7) is 29.9. The zero-order chi connectivity index (χ0) is 29.6. The van der Waals surface area contributed by atoms with E-state index in [1.165, 1.54) is 74.5 Å². The van der Waals surface area contributed by atoms with Gasteiger partial charge >= 0.3 is 0 Å². The number of benzene rings is 2. The molecule has 2 aromatic rings. The van der Waals surface area contributed by atoms with Crippen LogP contribution in [0, 0.1) is 13.8 Å². The molecule has 38 heavy (non-hydrogen) atoms. The van der Waals surface area contributed by atoms with Gasteiger partial charge in [-0.15, -0.1) is 6.58 Å². The van der Waals surface area contributed by atoms with E-state index in [0.717, 1.165) is 5.57 Å². The van der Waals surface area contributed by atoms with Crippen LogP contribution in [0.1, 0.15) is 121 Å². The summed E-state index contributed by atoms with van der Waals surface area (Å²) in [5.74, 6) is 0. The molecule has 0 fully saturated rings. The summed E-state index contributed by atoms with van der Waals surface area (Å²) in [6, 6.07) is 14.7. The highest BCUT2D eigenvalue weighted by Gasteiger charge is 2.06. The molecule has 0 aliphatic rings. The molecule has 0 nitrogen and oxygen atoms in total. The van der Waals surface area contributed by atoms with Crippen LogP contribution in [0.3, 0.4) is 0 Å². The van der Waals surface area contributed by atoms with Gasteiger partial charge in [0.25, 0.3) is 0 Å². The Morgan fingerprint density at radius 2 is 1.37 bits per heavy atom. The zero-order valence-electron chi connectivity index (χ0n) is 26.8. The zero-order valence-corrected chi connectivity index (χ0v) is 26.8. The Kier molecular flexibility index (Phi) is 32.2. The van der Waals surface area contributed by atoms with Crippen LogP contribution in [-0.2, 0) is 12.8 Å². The Morgan fingerprint density at radius 1 is 0.789 bits per heavy atom. The number of unbranched alkanes of at least 4 members (excludes halogenated alkanes) is 4. The molecule has 0 aromatic heterocycles. The van der Waals surface area contributed by atoms with Crippen LogP contribution in [0.5, 0.6) is 0 Å². The first-order valence-corrected chi connectivity index (χ1v) is 15.0. The number of aryl methyl sites for hydroxylation is 2. The Bertz CT molecular complexity index is 836. The highest BCUT2D eigenvalue weighted by molar-refractivity contribution is 5.60. The van der Waals surface area contributed by atoms with Gasteiger partial charge < -0.3 is 0 Å². The average Bonchev–Trinajstić information content (AvgIpc) is 2.93. The smallest absolute Gasteiger partial charge is 0.0233 e. The van der Waals surface area contributed by atoms with Crippen molar-refractivity contribution in [1.29, 1.82) is 0 Å². The lowest BCUT2D eigenvalue weighted by atomic mass is 9.92. The third-order valence-electron chi connectivity index (χ3n) is 5.75. The summed E-state index contributed by atoms with van der Waals surface area (Å²) in [5, 5.41) is 0. The molecular formula is C38H62. The summed E-state index contributed by atoms with van der Waals surface area (Å²) in [4.78, 5) is 0. The van der Waals surface area contributed by atoms with Gasteiger partial charge in [-0.1, -0.05) is 152 Å². The Balaban J connectivity index is -0.000000455. The molecule has 2 rings (SSSR count). The SMILES string of the molecule is C=C(C)c1ccccc1.C=C/C=C\CCCCCC.C=CC.CC.CCCc1ccc(C)c(C)c1CCC. The van der Waals surface area contributed by atoms with Gasteiger partial charge in [-0.2, -0.15) is 0 Å². The molecule has 0 atom stereocenters. The van der Waals surface area contributed by atoms with Crippen LogP contribution in [0.25, 0.3) is 5.57 Å². The maximum Gasteiger partial charge on any atom is -0.0233 e. The van der Waals surface area contributed by atoms with Crippen molar-refractivity contribution in [2.24, 2.45) is 0 Å². The van der Waals surface area contributed by atoms with Crippen LogP contribution in [0.4, 0.5) is 0 Å². The quantitative estimate of drug-likeness (QED) is 0.158. The van der Waals surface area contributed by atoms with Crippen molar-refractivity contribution in [2.75, 3.05) is 0 Å². The maximum absolute atomic E-state index is 3.83. The Morgan fingerprint density at radius 3 is 1.82 bits per heavy atom. The van der Waals surface area contributed by atoms with E-state index in [-0.39, 0.29) is 0 Å². The molecule has 0 amide bonds. The van der Waals surface area contributed by atoms with E-state index in [1.807, 2.05) is 58.0 Å². The monoisotopic (exact) mass is 518 g/mol. The molecule has 0 aliphatic carbocycles. The van der Waals surface area contributed by atoms with Crippen LogP contribution in [-0.4, -0.2) is 0 Å².